The Labute approximate surface area is 119 Å². The summed E-state index contributed by atoms with van der Waals surface area (Å²) in [5.41, 5.74) is 9.73. The molecule has 0 N–H and O–H groups in total. The van der Waals surface area contributed by atoms with Gasteiger partial charge in [-0.15, -0.1) is 0 Å². The third kappa shape index (κ3) is 2.26. The molecule has 0 saturated heterocycles. The molecule has 0 amide bonds. The fraction of sp³-hybridized carbons (Fsp3) is 0.579. The number of allylic oxidation sites excluding steroid dienone is 8. The molecule has 0 bridgehead atoms. The maximum Gasteiger partial charge on any atom is 0.00818 e. The van der Waals surface area contributed by atoms with E-state index < -0.39 is 0 Å². The van der Waals surface area contributed by atoms with Crippen LogP contribution in [0.4, 0.5) is 0 Å². The first kappa shape index (κ1) is 14.4. The molecule has 0 unspecified atom stereocenters. The van der Waals surface area contributed by atoms with E-state index in [-0.39, 0.29) is 5.41 Å². The molecule has 0 aromatic carbocycles. The van der Waals surface area contributed by atoms with Gasteiger partial charge in [-0.25, -0.2) is 0 Å². The summed E-state index contributed by atoms with van der Waals surface area (Å²) in [5.74, 6) is 0. The standard InChI is InChI=1S/C19H28/c1-7-15-9-11-17(13(15)3)19(5,6)18-12-10-16(8-2)14(18)4/h9-10H,7-8,11-12H2,1-6H3. The molecule has 0 atom stereocenters. The van der Waals surface area contributed by atoms with Gasteiger partial charge in [0.1, 0.15) is 0 Å². The van der Waals surface area contributed by atoms with E-state index in [1.165, 1.54) is 12.8 Å². The van der Waals surface area contributed by atoms with Crippen LogP contribution in [0.2, 0.25) is 0 Å². The molecule has 0 aromatic rings. The van der Waals surface area contributed by atoms with E-state index in [9.17, 15) is 0 Å². The van der Waals surface area contributed by atoms with Crippen molar-refractivity contribution < 1.29 is 0 Å². The van der Waals surface area contributed by atoms with Gasteiger partial charge in [0.15, 0.2) is 0 Å². The van der Waals surface area contributed by atoms with Crippen LogP contribution in [0.3, 0.4) is 0 Å². The van der Waals surface area contributed by atoms with Crippen molar-refractivity contribution in [1.29, 1.82) is 0 Å². The van der Waals surface area contributed by atoms with Crippen molar-refractivity contribution in [1.82, 2.24) is 0 Å². The molecule has 0 fully saturated rings. The summed E-state index contributed by atoms with van der Waals surface area (Å²) in [6, 6.07) is 0. The van der Waals surface area contributed by atoms with Crippen molar-refractivity contribution in [2.75, 3.05) is 0 Å². The second-order valence-electron chi connectivity index (χ2n) is 6.41. The molecule has 0 aliphatic heterocycles. The van der Waals surface area contributed by atoms with Gasteiger partial charge >= 0.3 is 0 Å². The molecule has 0 heteroatoms. The van der Waals surface area contributed by atoms with E-state index >= 15 is 0 Å². The number of hydrogen-bond donors (Lipinski definition) is 0. The van der Waals surface area contributed by atoms with E-state index in [1.54, 1.807) is 33.4 Å². The highest BCUT2D eigenvalue weighted by atomic mass is 14.4. The lowest BCUT2D eigenvalue weighted by atomic mass is 9.73. The lowest BCUT2D eigenvalue weighted by molar-refractivity contribution is 0.514. The Morgan fingerprint density at radius 2 is 1.21 bits per heavy atom. The van der Waals surface area contributed by atoms with Crippen LogP contribution in [0.15, 0.2) is 45.6 Å². The highest BCUT2D eigenvalue weighted by Gasteiger charge is 2.33. The third-order valence-electron chi connectivity index (χ3n) is 5.24. The molecule has 104 valence electrons. The minimum absolute atomic E-state index is 0.217. The smallest absolute Gasteiger partial charge is 0.00818 e. The van der Waals surface area contributed by atoms with E-state index in [4.69, 9.17) is 0 Å². The van der Waals surface area contributed by atoms with Gasteiger partial charge in [0.05, 0.1) is 0 Å². The van der Waals surface area contributed by atoms with Crippen LogP contribution in [0, 0.1) is 5.41 Å². The minimum atomic E-state index is 0.217. The van der Waals surface area contributed by atoms with Gasteiger partial charge in [0.2, 0.25) is 0 Å². The molecule has 0 aromatic heterocycles. The molecule has 19 heavy (non-hydrogen) atoms. The summed E-state index contributed by atoms with van der Waals surface area (Å²) in [6.07, 6.45) is 9.52. The Morgan fingerprint density at radius 3 is 1.47 bits per heavy atom. The van der Waals surface area contributed by atoms with Crippen molar-refractivity contribution in [3.8, 4) is 0 Å². The number of rotatable bonds is 4. The molecule has 0 spiro atoms. The third-order valence-corrected chi connectivity index (χ3v) is 5.24. The highest BCUT2D eigenvalue weighted by Crippen LogP contribution is 2.48. The first-order valence-corrected chi connectivity index (χ1v) is 7.72. The van der Waals surface area contributed by atoms with E-state index in [0.29, 0.717) is 0 Å². The first-order valence-electron chi connectivity index (χ1n) is 7.72. The summed E-state index contributed by atoms with van der Waals surface area (Å²) in [7, 11) is 0. The van der Waals surface area contributed by atoms with Crippen LogP contribution in [0.5, 0.6) is 0 Å². The van der Waals surface area contributed by atoms with E-state index in [0.717, 1.165) is 12.8 Å². The van der Waals surface area contributed by atoms with Crippen LogP contribution in [0.25, 0.3) is 0 Å². The van der Waals surface area contributed by atoms with Crippen LogP contribution < -0.4 is 0 Å². The van der Waals surface area contributed by atoms with Crippen LogP contribution in [-0.4, -0.2) is 0 Å². The average molecular weight is 256 g/mol. The first-order chi connectivity index (χ1) is 8.93. The largest absolute Gasteiger partial charge is 0.0769 e. The normalized spacial score (nSPS) is 20.3. The summed E-state index contributed by atoms with van der Waals surface area (Å²) in [4.78, 5) is 0. The number of hydrogen-bond acceptors (Lipinski definition) is 0. The second kappa shape index (κ2) is 5.15. The van der Waals surface area contributed by atoms with Gasteiger partial charge in [0.25, 0.3) is 0 Å². The zero-order chi connectivity index (χ0) is 14.2. The molecule has 2 rings (SSSR count). The molecule has 0 nitrogen and oxygen atoms in total. The van der Waals surface area contributed by atoms with Crippen LogP contribution in [0.1, 0.15) is 67.2 Å². The lowest BCUT2D eigenvalue weighted by Gasteiger charge is -2.31. The quantitative estimate of drug-likeness (QED) is 0.568. The summed E-state index contributed by atoms with van der Waals surface area (Å²) in [6.45, 7) is 14.0. The summed E-state index contributed by atoms with van der Waals surface area (Å²) >= 11 is 0. The molecular formula is C19H28. The monoisotopic (exact) mass is 256 g/mol. The minimum Gasteiger partial charge on any atom is -0.0769 e. The molecule has 0 saturated carbocycles. The van der Waals surface area contributed by atoms with Crippen LogP contribution >= 0.6 is 0 Å². The molecule has 0 heterocycles. The van der Waals surface area contributed by atoms with Gasteiger partial charge in [-0.1, -0.05) is 51.0 Å². The molecule has 0 radical (unpaired) electrons. The predicted molar refractivity (Wildman–Crippen MR) is 85.2 cm³/mol. The van der Waals surface area contributed by atoms with Gasteiger partial charge < -0.3 is 0 Å². The summed E-state index contributed by atoms with van der Waals surface area (Å²) < 4.78 is 0. The zero-order valence-corrected chi connectivity index (χ0v) is 13.5. The lowest BCUT2D eigenvalue weighted by Crippen LogP contribution is -2.18. The van der Waals surface area contributed by atoms with Crippen molar-refractivity contribution in [3.05, 3.63) is 45.6 Å². The molecule has 2 aliphatic rings. The Bertz CT molecular complexity index is 458. The second-order valence-corrected chi connectivity index (χ2v) is 6.41. The highest BCUT2D eigenvalue weighted by molar-refractivity contribution is 5.51. The fourth-order valence-corrected chi connectivity index (χ4v) is 3.90. The SMILES string of the molecule is CCC1=CCC(C(C)(C)C2=C(C)C(CC)=CC2)=C1C. The predicted octanol–water partition coefficient (Wildman–Crippen LogP) is 6.13. The maximum atomic E-state index is 2.44. The Morgan fingerprint density at radius 1 is 0.842 bits per heavy atom. The fourth-order valence-electron chi connectivity index (χ4n) is 3.90. The maximum absolute atomic E-state index is 2.44. The van der Waals surface area contributed by atoms with Gasteiger partial charge in [0, 0.05) is 5.41 Å². The Hall–Kier alpha value is -1.04. The van der Waals surface area contributed by atoms with Gasteiger partial charge in [-0.05, 0) is 61.8 Å². The van der Waals surface area contributed by atoms with Crippen molar-refractivity contribution >= 4 is 0 Å². The molecular weight excluding hydrogens is 228 g/mol. The van der Waals surface area contributed by atoms with Crippen molar-refractivity contribution in [2.45, 2.75) is 67.2 Å². The Kier molecular flexibility index (Phi) is 3.90. The topological polar surface area (TPSA) is 0 Å². The molecule has 2 aliphatic carbocycles. The zero-order valence-electron chi connectivity index (χ0n) is 13.5. The van der Waals surface area contributed by atoms with Gasteiger partial charge in [-0.2, -0.15) is 0 Å². The van der Waals surface area contributed by atoms with E-state index in [1.807, 2.05) is 0 Å². The van der Waals surface area contributed by atoms with Crippen LogP contribution in [-0.2, 0) is 0 Å². The van der Waals surface area contributed by atoms with Crippen molar-refractivity contribution in [3.63, 3.8) is 0 Å². The Balaban J connectivity index is 2.36. The van der Waals surface area contributed by atoms with E-state index in [2.05, 4.69) is 53.7 Å². The average Bonchev–Trinajstić information content (AvgIpc) is 2.92. The van der Waals surface area contributed by atoms with Crippen molar-refractivity contribution in [2.24, 2.45) is 5.41 Å². The summed E-state index contributed by atoms with van der Waals surface area (Å²) in [5, 5.41) is 0. The van der Waals surface area contributed by atoms with Gasteiger partial charge in [-0.3, -0.25) is 0 Å².